The zero-order valence-corrected chi connectivity index (χ0v) is 18.6. The van der Waals surface area contributed by atoms with E-state index in [9.17, 15) is 0 Å². The number of aryl methyl sites for hydroxylation is 1. The van der Waals surface area contributed by atoms with E-state index in [1.807, 2.05) is 41.8 Å². The van der Waals surface area contributed by atoms with Crippen molar-refractivity contribution in [1.29, 1.82) is 0 Å². The van der Waals surface area contributed by atoms with Crippen molar-refractivity contribution in [1.82, 2.24) is 19.8 Å². The van der Waals surface area contributed by atoms with Crippen LogP contribution >= 0.6 is 0 Å². The van der Waals surface area contributed by atoms with Crippen molar-refractivity contribution in [2.24, 2.45) is 0 Å². The van der Waals surface area contributed by atoms with E-state index in [0.29, 0.717) is 0 Å². The van der Waals surface area contributed by atoms with Crippen LogP contribution in [-0.2, 0) is 0 Å². The van der Waals surface area contributed by atoms with Crippen molar-refractivity contribution in [2.45, 2.75) is 90.6 Å². The predicted molar refractivity (Wildman–Crippen MR) is 123 cm³/mol. The molecular formula is C24H37N5O. The van der Waals surface area contributed by atoms with Gasteiger partial charge in [-0.05, 0) is 44.0 Å². The van der Waals surface area contributed by atoms with Gasteiger partial charge in [-0.2, -0.15) is 14.7 Å². The van der Waals surface area contributed by atoms with E-state index in [0.717, 1.165) is 41.4 Å². The van der Waals surface area contributed by atoms with Crippen LogP contribution in [0.1, 0.15) is 95.2 Å². The van der Waals surface area contributed by atoms with Gasteiger partial charge in [0.15, 0.2) is 17.6 Å². The number of rotatable bonds is 14. The Morgan fingerprint density at radius 2 is 1.60 bits per heavy atom. The van der Waals surface area contributed by atoms with Gasteiger partial charge < -0.3 is 10.5 Å². The molecule has 2 heterocycles. The molecule has 1 aromatic carbocycles. The van der Waals surface area contributed by atoms with Gasteiger partial charge in [-0.15, -0.1) is 0 Å². The molecule has 3 rings (SSSR count). The number of aromatic nitrogens is 4. The van der Waals surface area contributed by atoms with Gasteiger partial charge in [0.2, 0.25) is 0 Å². The third-order valence-corrected chi connectivity index (χ3v) is 5.60. The maximum absolute atomic E-state index is 6.31. The SMILES string of the molecule is CCCCCCCCCCCCC(Oc1ccc(N)cc1)c1n[nH]c2cc(C)nn12. The fourth-order valence-electron chi connectivity index (χ4n) is 3.89. The summed E-state index contributed by atoms with van der Waals surface area (Å²) in [6, 6.07) is 9.56. The van der Waals surface area contributed by atoms with Crippen molar-refractivity contribution < 1.29 is 4.74 Å². The minimum absolute atomic E-state index is 0.143. The molecule has 0 bridgehead atoms. The first-order valence-corrected chi connectivity index (χ1v) is 11.6. The summed E-state index contributed by atoms with van der Waals surface area (Å²) < 4.78 is 8.18. The average molecular weight is 412 g/mol. The fraction of sp³-hybridized carbons (Fsp3) is 0.583. The lowest BCUT2D eigenvalue weighted by Gasteiger charge is -2.17. The monoisotopic (exact) mass is 411 g/mol. The summed E-state index contributed by atoms with van der Waals surface area (Å²) in [6.07, 6.45) is 14.0. The summed E-state index contributed by atoms with van der Waals surface area (Å²) in [7, 11) is 0. The van der Waals surface area contributed by atoms with E-state index in [2.05, 4.69) is 22.2 Å². The number of fused-ring (bicyclic) bond motifs is 1. The number of anilines is 1. The van der Waals surface area contributed by atoms with E-state index in [4.69, 9.17) is 10.5 Å². The maximum atomic E-state index is 6.31. The molecule has 0 aliphatic carbocycles. The molecule has 0 fully saturated rings. The number of hydrogen-bond acceptors (Lipinski definition) is 4. The number of H-pyrrole nitrogens is 1. The molecule has 30 heavy (non-hydrogen) atoms. The zero-order valence-electron chi connectivity index (χ0n) is 18.6. The molecule has 164 valence electrons. The Bertz CT molecular complexity index is 867. The number of nitrogen functional groups attached to an aromatic ring is 1. The summed E-state index contributed by atoms with van der Waals surface area (Å²) in [5, 5.41) is 12.1. The van der Waals surface area contributed by atoms with Crippen molar-refractivity contribution in [3.05, 3.63) is 41.9 Å². The summed E-state index contributed by atoms with van der Waals surface area (Å²) in [6.45, 7) is 4.26. The molecule has 0 aliphatic rings. The number of hydrogen-bond donors (Lipinski definition) is 2. The number of nitrogens with two attached hydrogens (primary N) is 1. The van der Waals surface area contributed by atoms with E-state index in [1.54, 1.807) is 0 Å². The van der Waals surface area contributed by atoms with Crippen LogP contribution in [-0.4, -0.2) is 19.8 Å². The van der Waals surface area contributed by atoms with Gasteiger partial charge in [0, 0.05) is 11.8 Å². The average Bonchev–Trinajstić information content (AvgIpc) is 3.29. The minimum Gasteiger partial charge on any atom is -0.482 e. The van der Waals surface area contributed by atoms with Gasteiger partial charge in [0.25, 0.3) is 0 Å². The molecule has 0 radical (unpaired) electrons. The number of ether oxygens (including phenoxy) is 1. The largest absolute Gasteiger partial charge is 0.482 e. The third-order valence-electron chi connectivity index (χ3n) is 5.60. The molecule has 0 amide bonds. The Hall–Kier alpha value is -2.50. The first-order chi connectivity index (χ1) is 14.7. The summed E-state index contributed by atoms with van der Waals surface area (Å²) in [5.41, 5.74) is 8.42. The lowest BCUT2D eigenvalue weighted by Crippen LogP contribution is -2.12. The van der Waals surface area contributed by atoms with E-state index in [1.165, 1.54) is 57.8 Å². The molecule has 3 N–H and O–H groups in total. The Morgan fingerprint density at radius 1 is 0.967 bits per heavy atom. The first kappa shape index (κ1) is 22.2. The Kier molecular flexibility index (Phi) is 8.60. The van der Waals surface area contributed by atoms with Gasteiger partial charge in [0.05, 0.1) is 5.69 Å². The molecule has 3 aromatic rings. The summed E-state index contributed by atoms with van der Waals surface area (Å²) in [4.78, 5) is 0. The number of unbranched alkanes of at least 4 members (excludes halogenated alkanes) is 9. The normalized spacial score (nSPS) is 12.5. The lowest BCUT2D eigenvalue weighted by molar-refractivity contribution is 0.178. The van der Waals surface area contributed by atoms with Crippen LogP contribution in [0.3, 0.4) is 0 Å². The smallest absolute Gasteiger partial charge is 0.192 e. The van der Waals surface area contributed by atoms with E-state index in [-0.39, 0.29) is 6.10 Å². The standard InChI is InChI=1S/C24H37N5O/c1-3-4-5-6-7-8-9-10-11-12-13-22(30-21-16-14-20(25)15-17-21)24-27-26-23-18-19(2)28-29(23)24/h14-18,22,26H,3-13,25H2,1-2H3. The van der Waals surface area contributed by atoms with Crippen LogP contribution in [0, 0.1) is 6.92 Å². The molecule has 0 saturated heterocycles. The van der Waals surface area contributed by atoms with Crippen LogP contribution in [0.15, 0.2) is 30.3 Å². The van der Waals surface area contributed by atoms with Crippen molar-refractivity contribution in [3.8, 4) is 5.75 Å². The molecule has 6 heteroatoms. The van der Waals surface area contributed by atoms with Gasteiger partial charge in [0.1, 0.15) is 5.75 Å². The van der Waals surface area contributed by atoms with Crippen LogP contribution in [0.4, 0.5) is 5.69 Å². The van der Waals surface area contributed by atoms with Crippen LogP contribution in [0.5, 0.6) is 5.75 Å². The summed E-state index contributed by atoms with van der Waals surface area (Å²) >= 11 is 0. The molecule has 0 saturated carbocycles. The second-order valence-corrected chi connectivity index (χ2v) is 8.31. The van der Waals surface area contributed by atoms with E-state index >= 15 is 0 Å². The van der Waals surface area contributed by atoms with Crippen LogP contribution < -0.4 is 10.5 Å². The number of nitrogens with zero attached hydrogens (tertiary/aromatic N) is 3. The van der Waals surface area contributed by atoms with Crippen molar-refractivity contribution >= 4 is 11.3 Å². The lowest BCUT2D eigenvalue weighted by atomic mass is 10.0. The topological polar surface area (TPSA) is 81.2 Å². The molecule has 6 nitrogen and oxygen atoms in total. The molecular weight excluding hydrogens is 374 g/mol. The second-order valence-electron chi connectivity index (χ2n) is 8.31. The third kappa shape index (κ3) is 6.51. The number of aromatic amines is 1. The van der Waals surface area contributed by atoms with Gasteiger partial charge >= 0.3 is 0 Å². The molecule has 0 aliphatic heterocycles. The van der Waals surface area contributed by atoms with Crippen molar-refractivity contribution in [3.63, 3.8) is 0 Å². The first-order valence-electron chi connectivity index (χ1n) is 11.6. The molecule has 0 spiro atoms. The highest BCUT2D eigenvalue weighted by Crippen LogP contribution is 2.27. The zero-order chi connectivity index (χ0) is 21.2. The predicted octanol–water partition coefficient (Wildman–Crippen LogP) is 6.38. The van der Waals surface area contributed by atoms with Gasteiger partial charge in [-0.25, -0.2) is 0 Å². The molecule has 2 aromatic heterocycles. The number of benzene rings is 1. The highest BCUT2D eigenvalue weighted by atomic mass is 16.5. The van der Waals surface area contributed by atoms with Crippen LogP contribution in [0.25, 0.3) is 5.65 Å². The quantitative estimate of drug-likeness (QED) is 0.238. The minimum atomic E-state index is -0.143. The Labute approximate surface area is 180 Å². The van der Waals surface area contributed by atoms with Gasteiger partial charge in [-0.3, -0.25) is 5.10 Å². The fourth-order valence-corrected chi connectivity index (χ4v) is 3.89. The summed E-state index contributed by atoms with van der Waals surface area (Å²) in [5.74, 6) is 1.63. The Morgan fingerprint density at radius 3 is 2.27 bits per heavy atom. The highest BCUT2D eigenvalue weighted by molar-refractivity contribution is 5.42. The molecule has 1 atom stereocenters. The highest BCUT2D eigenvalue weighted by Gasteiger charge is 2.21. The Balaban J connectivity index is 1.51. The maximum Gasteiger partial charge on any atom is 0.192 e. The van der Waals surface area contributed by atoms with Crippen molar-refractivity contribution in [2.75, 3.05) is 5.73 Å². The molecule has 1 unspecified atom stereocenters. The van der Waals surface area contributed by atoms with Gasteiger partial charge in [-0.1, -0.05) is 64.7 Å². The number of nitrogens with one attached hydrogen (secondary N) is 1. The van der Waals surface area contributed by atoms with Crippen LogP contribution in [0.2, 0.25) is 0 Å². The van der Waals surface area contributed by atoms with E-state index < -0.39 is 0 Å². The second kappa shape index (κ2) is 11.6.